The van der Waals surface area contributed by atoms with Gasteiger partial charge in [0.05, 0.1) is 12.8 Å². The van der Waals surface area contributed by atoms with E-state index in [1.165, 1.54) is 15.2 Å². The van der Waals surface area contributed by atoms with E-state index in [1.807, 2.05) is 11.8 Å². The van der Waals surface area contributed by atoms with E-state index in [0.717, 1.165) is 25.2 Å². The molecule has 0 unspecified atom stereocenters. The Morgan fingerprint density at radius 3 is 2.68 bits per heavy atom. The van der Waals surface area contributed by atoms with Crippen molar-refractivity contribution >= 4 is 21.8 Å². The fourth-order valence-electron chi connectivity index (χ4n) is 2.53. The number of ether oxygens (including phenoxy) is 1. The predicted molar refractivity (Wildman–Crippen MR) is 72.3 cm³/mol. The molecule has 3 heterocycles. The highest BCUT2D eigenvalue weighted by molar-refractivity contribution is 8.00. The predicted octanol–water partition coefficient (Wildman–Crippen LogP) is 0.664. The van der Waals surface area contributed by atoms with Gasteiger partial charge in [-0.05, 0) is 12.8 Å². The van der Waals surface area contributed by atoms with Crippen molar-refractivity contribution in [2.75, 3.05) is 25.4 Å². The van der Waals surface area contributed by atoms with Gasteiger partial charge in [-0.3, -0.25) is 4.68 Å². The van der Waals surface area contributed by atoms with Crippen LogP contribution in [-0.2, 0) is 21.8 Å². The topological polar surface area (TPSA) is 64.4 Å². The van der Waals surface area contributed by atoms with Gasteiger partial charge < -0.3 is 4.74 Å². The zero-order chi connectivity index (χ0) is 13.5. The third-order valence-electron chi connectivity index (χ3n) is 3.62. The van der Waals surface area contributed by atoms with Gasteiger partial charge in [-0.15, -0.1) is 11.8 Å². The smallest absolute Gasteiger partial charge is 0.246 e. The summed E-state index contributed by atoms with van der Waals surface area (Å²) in [5, 5.41) is 3.93. The highest BCUT2D eigenvalue weighted by atomic mass is 32.2. The first-order valence-corrected chi connectivity index (χ1v) is 8.71. The normalized spacial score (nSPS) is 24.1. The third kappa shape index (κ3) is 2.42. The first-order chi connectivity index (χ1) is 9.02. The molecule has 0 amide bonds. The molecule has 1 aromatic rings. The summed E-state index contributed by atoms with van der Waals surface area (Å²) in [6.45, 7) is 1.81. The number of sulfonamides is 1. The molecule has 1 aromatic heterocycles. The second-order valence-corrected chi connectivity index (χ2v) is 8.24. The summed E-state index contributed by atoms with van der Waals surface area (Å²) in [7, 11) is -1.69. The number of piperidine rings is 1. The van der Waals surface area contributed by atoms with E-state index >= 15 is 0 Å². The van der Waals surface area contributed by atoms with E-state index in [-0.39, 0.29) is 9.83 Å². The van der Waals surface area contributed by atoms with Gasteiger partial charge >= 0.3 is 0 Å². The van der Waals surface area contributed by atoms with Crippen molar-refractivity contribution < 1.29 is 13.2 Å². The molecule has 19 heavy (non-hydrogen) atoms. The van der Waals surface area contributed by atoms with Crippen molar-refractivity contribution in [3.05, 3.63) is 12.4 Å². The first-order valence-electron chi connectivity index (χ1n) is 6.29. The van der Waals surface area contributed by atoms with E-state index in [9.17, 15) is 8.42 Å². The van der Waals surface area contributed by atoms with Gasteiger partial charge in [-0.2, -0.15) is 9.40 Å². The zero-order valence-corrected chi connectivity index (χ0v) is 12.4. The average Bonchev–Trinajstić information content (AvgIpc) is 3.00. The molecule has 2 saturated heterocycles. The monoisotopic (exact) mass is 303 g/mol. The van der Waals surface area contributed by atoms with Gasteiger partial charge in [0.15, 0.2) is 0 Å². The Morgan fingerprint density at radius 1 is 1.42 bits per heavy atom. The van der Waals surface area contributed by atoms with Gasteiger partial charge in [0, 0.05) is 32.1 Å². The van der Waals surface area contributed by atoms with Crippen molar-refractivity contribution in [3.8, 4) is 0 Å². The maximum absolute atomic E-state index is 12.4. The molecule has 2 aliphatic heterocycles. The number of aryl methyl sites for hydroxylation is 1. The highest BCUT2D eigenvalue weighted by Crippen LogP contribution is 2.42. The SMILES string of the molecule is Cn1cc(S(=O)(=O)N2CCC3(CC2)OCCS3)cn1. The largest absolute Gasteiger partial charge is 0.363 e. The number of hydrogen-bond donors (Lipinski definition) is 0. The number of aromatic nitrogens is 2. The van der Waals surface area contributed by atoms with E-state index in [0.29, 0.717) is 13.1 Å². The van der Waals surface area contributed by atoms with Gasteiger partial charge in [0.2, 0.25) is 10.0 Å². The van der Waals surface area contributed by atoms with E-state index in [4.69, 9.17) is 4.74 Å². The molecule has 8 heteroatoms. The Morgan fingerprint density at radius 2 is 2.16 bits per heavy atom. The summed E-state index contributed by atoms with van der Waals surface area (Å²) < 4.78 is 33.7. The Balaban J connectivity index is 1.74. The lowest BCUT2D eigenvalue weighted by Crippen LogP contribution is -2.44. The lowest BCUT2D eigenvalue weighted by Gasteiger charge is -2.36. The van der Waals surface area contributed by atoms with Crippen LogP contribution in [0.3, 0.4) is 0 Å². The van der Waals surface area contributed by atoms with Crippen LogP contribution in [0.4, 0.5) is 0 Å². The summed E-state index contributed by atoms with van der Waals surface area (Å²) in [5.41, 5.74) is 0. The van der Waals surface area contributed by atoms with E-state index < -0.39 is 10.0 Å². The van der Waals surface area contributed by atoms with Crippen LogP contribution < -0.4 is 0 Å². The van der Waals surface area contributed by atoms with E-state index in [2.05, 4.69) is 5.10 Å². The van der Waals surface area contributed by atoms with Crippen LogP contribution in [0, 0.1) is 0 Å². The van der Waals surface area contributed by atoms with Crippen molar-refractivity contribution in [3.63, 3.8) is 0 Å². The molecule has 1 spiro atoms. The second kappa shape index (κ2) is 4.76. The van der Waals surface area contributed by atoms with Gasteiger partial charge in [-0.1, -0.05) is 0 Å². The minimum absolute atomic E-state index is 0.138. The van der Waals surface area contributed by atoms with Crippen molar-refractivity contribution in [2.24, 2.45) is 7.05 Å². The fraction of sp³-hybridized carbons (Fsp3) is 0.727. The number of nitrogens with zero attached hydrogens (tertiary/aromatic N) is 3. The van der Waals surface area contributed by atoms with Crippen LogP contribution in [0.25, 0.3) is 0 Å². The molecule has 2 fully saturated rings. The highest BCUT2D eigenvalue weighted by Gasteiger charge is 2.42. The number of thioether (sulfide) groups is 1. The van der Waals surface area contributed by atoms with Crippen molar-refractivity contribution in [2.45, 2.75) is 22.7 Å². The minimum Gasteiger partial charge on any atom is -0.363 e. The standard InChI is InChI=1S/C11H17N3O3S2/c1-13-9-10(8-12-13)19(15,16)14-4-2-11(3-5-14)17-6-7-18-11/h8-9H,2-7H2,1H3. The first kappa shape index (κ1) is 13.4. The molecular weight excluding hydrogens is 286 g/mol. The fourth-order valence-corrected chi connectivity index (χ4v) is 5.14. The third-order valence-corrected chi connectivity index (χ3v) is 6.89. The molecule has 106 valence electrons. The summed E-state index contributed by atoms with van der Waals surface area (Å²) in [6, 6.07) is 0. The summed E-state index contributed by atoms with van der Waals surface area (Å²) in [6.07, 6.45) is 4.47. The molecule has 2 aliphatic rings. The van der Waals surface area contributed by atoms with Crippen LogP contribution >= 0.6 is 11.8 Å². The maximum Gasteiger partial charge on any atom is 0.246 e. The molecule has 0 radical (unpaired) electrons. The average molecular weight is 303 g/mol. The van der Waals surface area contributed by atoms with Crippen LogP contribution in [-0.4, -0.2) is 52.9 Å². The molecule has 3 rings (SSSR count). The molecule has 0 atom stereocenters. The molecule has 0 aromatic carbocycles. The Labute approximate surface area is 117 Å². The zero-order valence-electron chi connectivity index (χ0n) is 10.8. The summed E-state index contributed by atoms with van der Waals surface area (Å²) in [5.74, 6) is 1.01. The Bertz CT molecular complexity index is 553. The van der Waals surface area contributed by atoms with Crippen molar-refractivity contribution in [1.82, 2.24) is 14.1 Å². The summed E-state index contributed by atoms with van der Waals surface area (Å²) in [4.78, 5) is 0.131. The van der Waals surface area contributed by atoms with Crippen molar-refractivity contribution in [1.29, 1.82) is 0 Å². The Hall–Kier alpha value is -0.570. The lowest BCUT2D eigenvalue weighted by atomic mass is 10.1. The quantitative estimate of drug-likeness (QED) is 0.803. The van der Waals surface area contributed by atoms with Crippen LogP contribution in [0.1, 0.15) is 12.8 Å². The summed E-state index contributed by atoms with van der Waals surface area (Å²) >= 11 is 1.82. The minimum atomic E-state index is -3.40. The molecule has 0 bridgehead atoms. The molecule has 6 nitrogen and oxygen atoms in total. The molecule has 0 saturated carbocycles. The number of hydrogen-bond acceptors (Lipinski definition) is 5. The molecular formula is C11H17N3O3S2. The van der Waals surface area contributed by atoms with Crippen LogP contribution in [0.15, 0.2) is 17.3 Å². The Kier molecular flexibility index (Phi) is 3.36. The number of rotatable bonds is 2. The van der Waals surface area contributed by atoms with Crippen LogP contribution in [0.2, 0.25) is 0 Å². The van der Waals surface area contributed by atoms with Crippen LogP contribution in [0.5, 0.6) is 0 Å². The second-order valence-electron chi connectivity index (χ2n) is 4.86. The maximum atomic E-state index is 12.4. The van der Waals surface area contributed by atoms with Gasteiger partial charge in [0.1, 0.15) is 9.83 Å². The van der Waals surface area contributed by atoms with E-state index in [1.54, 1.807) is 13.2 Å². The van der Waals surface area contributed by atoms with Gasteiger partial charge in [0.25, 0.3) is 0 Å². The van der Waals surface area contributed by atoms with Gasteiger partial charge in [-0.25, -0.2) is 8.42 Å². The molecule has 0 aliphatic carbocycles. The molecule has 0 N–H and O–H groups in total. The lowest BCUT2D eigenvalue weighted by molar-refractivity contribution is 0.0162.